The number of hydrogen-bond acceptors (Lipinski definition) is 4. The summed E-state index contributed by atoms with van der Waals surface area (Å²) < 4.78 is 8.06. The minimum absolute atomic E-state index is 0. The number of hydrogen-bond donors (Lipinski definition) is 0. The fraction of sp³-hybridized carbons (Fsp3) is 0. The van der Waals surface area contributed by atoms with Crippen molar-refractivity contribution in [2.45, 2.75) is 0 Å². The molecule has 0 amide bonds. The van der Waals surface area contributed by atoms with Gasteiger partial charge < -0.3 is 15.0 Å². The van der Waals surface area contributed by atoms with E-state index in [-0.39, 0.29) is 17.1 Å². The molecular formula is CFeMnO4. The topological polar surface area (TPSA) is 80.3 Å². The minimum atomic E-state index is -2.33. The van der Waals surface area contributed by atoms with Gasteiger partial charge in [0.05, 0.1) is 0 Å². The molecule has 6 heteroatoms. The molecule has 0 N–H and O–H groups in total. The standard InChI is InChI=1S/CH2O3.Fe.Mn.O/c2-1(3)4;;;/h(H2,2,3,4);;;/q;+2;;/p-2. The Labute approximate surface area is 58.4 Å². The fourth-order valence-electron chi connectivity index (χ4n) is 0. The molecule has 0 aromatic heterocycles. The van der Waals surface area contributed by atoms with E-state index in [4.69, 9.17) is 18.8 Å². The van der Waals surface area contributed by atoms with Crippen LogP contribution < -0.4 is 10.2 Å². The van der Waals surface area contributed by atoms with Crippen LogP contribution in [0.3, 0.4) is 0 Å². The zero-order valence-corrected chi connectivity index (χ0v) is 5.15. The molecule has 0 heterocycles. The molecule has 0 radical (unpaired) electrons. The Balaban J connectivity index is -0.0000000480. The Bertz CT molecular complexity index is 43.0. The van der Waals surface area contributed by atoms with E-state index in [1.54, 1.807) is 15.9 Å². The Morgan fingerprint density at radius 1 is 1.29 bits per heavy atom. The summed E-state index contributed by atoms with van der Waals surface area (Å²) >= 11 is 1.69. The molecule has 0 fully saturated rings. The van der Waals surface area contributed by atoms with E-state index in [0.717, 1.165) is 0 Å². The molecule has 4 nitrogen and oxygen atoms in total. The van der Waals surface area contributed by atoms with Crippen molar-refractivity contribution in [1.29, 1.82) is 0 Å². The Kier molecular flexibility index (Phi) is 37.0. The summed E-state index contributed by atoms with van der Waals surface area (Å²) in [6.45, 7) is 0. The van der Waals surface area contributed by atoms with Crippen LogP contribution in [0.5, 0.6) is 0 Å². The van der Waals surface area contributed by atoms with E-state index in [1.807, 2.05) is 0 Å². The summed E-state index contributed by atoms with van der Waals surface area (Å²) in [7, 11) is 0. The molecule has 0 aromatic rings. The molecule has 43 valence electrons. The van der Waals surface area contributed by atoms with Gasteiger partial charge >= 0.3 is 36.8 Å². The summed E-state index contributed by atoms with van der Waals surface area (Å²) in [5.74, 6) is 0. The summed E-state index contributed by atoms with van der Waals surface area (Å²) in [5, 5.41) is 16.7. The first-order valence-corrected chi connectivity index (χ1v) is 1.25. The molecular weight excluding hydrogens is 187 g/mol. The predicted octanol–water partition coefficient (Wildman–Crippen LogP) is -2.57. The van der Waals surface area contributed by atoms with Gasteiger partial charge in [0.15, 0.2) is 0 Å². The van der Waals surface area contributed by atoms with Gasteiger partial charge in [-0.15, -0.1) is 0 Å². The maximum atomic E-state index is 8.33. The van der Waals surface area contributed by atoms with Crippen molar-refractivity contribution in [2.75, 3.05) is 0 Å². The normalized spacial score (nSPS) is 4.00. The number of carbonyl (C=O) groups excluding carboxylic acids is 1. The van der Waals surface area contributed by atoms with Crippen LogP contribution in [0.1, 0.15) is 0 Å². The van der Waals surface area contributed by atoms with Gasteiger partial charge in [-0.3, -0.25) is 0 Å². The van der Waals surface area contributed by atoms with E-state index >= 15 is 0 Å². The van der Waals surface area contributed by atoms with Crippen molar-refractivity contribution in [3.8, 4) is 0 Å². The quantitative estimate of drug-likeness (QED) is 0.390. The molecule has 0 unspecified atom stereocenters. The second-order valence-corrected chi connectivity index (χ2v) is 0.250. The zero-order chi connectivity index (χ0) is 5.58. The van der Waals surface area contributed by atoms with Gasteiger partial charge in [-0.1, -0.05) is 0 Å². The molecule has 0 aromatic carbocycles. The second-order valence-electron chi connectivity index (χ2n) is 0.250. The molecule has 0 atom stereocenters. The molecule has 0 aliphatic rings. The van der Waals surface area contributed by atoms with Crippen LogP contribution in [0.4, 0.5) is 4.79 Å². The first-order valence-electron chi connectivity index (χ1n) is 0.767. The van der Waals surface area contributed by atoms with Crippen molar-refractivity contribution < 1.29 is 51.9 Å². The molecule has 0 saturated heterocycles. The summed E-state index contributed by atoms with van der Waals surface area (Å²) in [5.41, 5.74) is 0. The van der Waals surface area contributed by atoms with Crippen molar-refractivity contribution in [1.82, 2.24) is 0 Å². The molecule has 0 rings (SSSR count). The molecule has 0 bridgehead atoms. The van der Waals surface area contributed by atoms with E-state index < -0.39 is 6.16 Å². The summed E-state index contributed by atoms with van der Waals surface area (Å²) in [6.07, 6.45) is -2.33. The van der Waals surface area contributed by atoms with Gasteiger partial charge in [0.25, 0.3) is 0 Å². The Hall–Kier alpha value is 0.109. The van der Waals surface area contributed by atoms with Gasteiger partial charge in [-0.05, 0) is 6.16 Å². The predicted molar refractivity (Wildman–Crippen MR) is 6.08 cm³/mol. The Morgan fingerprint density at radius 3 is 1.29 bits per heavy atom. The number of carbonyl (C=O) groups is 1. The third kappa shape index (κ3) is 8690. The third-order valence-electron chi connectivity index (χ3n) is 0. The van der Waals surface area contributed by atoms with Gasteiger partial charge in [-0.2, -0.15) is 0 Å². The van der Waals surface area contributed by atoms with Gasteiger partial charge in [0.1, 0.15) is 0 Å². The number of carboxylic acid groups (broad SMARTS) is 2. The van der Waals surface area contributed by atoms with Crippen LogP contribution in [-0.2, 0) is 36.8 Å². The first kappa shape index (κ1) is 15.7. The van der Waals surface area contributed by atoms with Crippen LogP contribution >= 0.6 is 0 Å². The summed E-state index contributed by atoms with van der Waals surface area (Å²) in [6, 6.07) is 0. The molecule has 0 aliphatic carbocycles. The average molecular weight is 187 g/mol. The van der Waals surface area contributed by atoms with Gasteiger partial charge in [0, 0.05) is 0 Å². The third-order valence-corrected chi connectivity index (χ3v) is 0. The van der Waals surface area contributed by atoms with Crippen LogP contribution in [0, 0.1) is 0 Å². The molecule has 0 saturated carbocycles. The first-order chi connectivity index (χ1) is 2.73. The molecule has 0 aliphatic heterocycles. The van der Waals surface area contributed by atoms with Crippen LogP contribution in [0.2, 0.25) is 0 Å². The Morgan fingerprint density at radius 2 is 1.29 bits per heavy atom. The maximum absolute atomic E-state index is 8.33. The second kappa shape index (κ2) is 16.5. The number of rotatable bonds is 0. The van der Waals surface area contributed by atoms with Crippen molar-refractivity contribution in [3.05, 3.63) is 0 Å². The van der Waals surface area contributed by atoms with E-state index in [0.29, 0.717) is 0 Å². The van der Waals surface area contributed by atoms with E-state index in [2.05, 4.69) is 0 Å². The van der Waals surface area contributed by atoms with Crippen molar-refractivity contribution in [3.63, 3.8) is 0 Å². The van der Waals surface area contributed by atoms with Gasteiger partial charge in [0.2, 0.25) is 0 Å². The van der Waals surface area contributed by atoms with Crippen molar-refractivity contribution in [2.24, 2.45) is 0 Å². The monoisotopic (exact) mass is 187 g/mol. The van der Waals surface area contributed by atoms with Crippen LogP contribution in [0.25, 0.3) is 0 Å². The average Bonchev–Trinajstić information content (AvgIpc) is 1.41. The van der Waals surface area contributed by atoms with Crippen molar-refractivity contribution >= 4 is 6.16 Å². The zero-order valence-electron chi connectivity index (χ0n) is 2.86. The summed E-state index contributed by atoms with van der Waals surface area (Å²) in [4.78, 5) is 8.33. The van der Waals surface area contributed by atoms with Crippen LogP contribution in [0.15, 0.2) is 0 Å². The van der Waals surface area contributed by atoms with E-state index in [9.17, 15) is 0 Å². The fourth-order valence-corrected chi connectivity index (χ4v) is 0. The van der Waals surface area contributed by atoms with Crippen LogP contribution in [-0.4, -0.2) is 6.16 Å². The van der Waals surface area contributed by atoms with E-state index in [1.165, 1.54) is 0 Å². The SMILES string of the molecule is O=C([O-])[O-].[Fe+2].[O]=[Mn]. The molecule has 7 heavy (non-hydrogen) atoms. The van der Waals surface area contributed by atoms with Gasteiger partial charge in [-0.25, -0.2) is 0 Å². The molecule has 0 spiro atoms.